The zero-order valence-electron chi connectivity index (χ0n) is 10.1. The van der Waals surface area contributed by atoms with Crippen molar-refractivity contribution in [2.24, 2.45) is 0 Å². The average Bonchev–Trinajstić information content (AvgIpc) is 2.89. The van der Waals surface area contributed by atoms with Gasteiger partial charge in [0.1, 0.15) is 5.69 Å². The first-order chi connectivity index (χ1) is 9.16. The Bertz CT molecular complexity index is 557. The molecule has 100 valence electrons. The van der Waals surface area contributed by atoms with Crippen LogP contribution in [0.1, 0.15) is 12.1 Å². The molecule has 2 aromatic rings. The molecule has 0 fully saturated rings. The number of aryl methyl sites for hydroxylation is 1. The Morgan fingerprint density at radius 1 is 1.42 bits per heavy atom. The van der Waals surface area contributed by atoms with Crippen molar-refractivity contribution in [3.05, 3.63) is 50.7 Å². The molecule has 1 aromatic carbocycles. The molecule has 1 aromatic heterocycles. The third-order valence-electron chi connectivity index (χ3n) is 2.65. The highest BCUT2D eigenvalue weighted by Crippen LogP contribution is 2.27. The number of H-pyrrole nitrogens is 1. The summed E-state index contributed by atoms with van der Waals surface area (Å²) in [5.74, 6) is 0. The van der Waals surface area contributed by atoms with Crippen LogP contribution in [0.5, 0.6) is 0 Å². The quantitative estimate of drug-likeness (QED) is 0.485. The van der Waals surface area contributed by atoms with Crippen LogP contribution in [0.15, 0.2) is 34.9 Å². The maximum absolute atomic E-state index is 10.9. The molecule has 0 atom stereocenters. The van der Waals surface area contributed by atoms with E-state index >= 15 is 0 Å². The van der Waals surface area contributed by atoms with Crippen LogP contribution in [-0.2, 0) is 6.42 Å². The highest BCUT2D eigenvalue weighted by molar-refractivity contribution is 9.10. The summed E-state index contributed by atoms with van der Waals surface area (Å²) in [6, 6.07) is 6.90. The summed E-state index contributed by atoms with van der Waals surface area (Å²) in [4.78, 5) is 10.5. The number of anilines is 1. The second-order valence-corrected chi connectivity index (χ2v) is 4.95. The number of nitrogens with zero attached hydrogens (tertiary/aromatic N) is 2. The van der Waals surface area contributed by atoms with E-state index in [0.29, 0.717) is 16.7 Å². The first-order valence-corrected chi connectivity index (χ1v) is 6.62. The van der Waals surface area contributed by atoms with Crippen LogP contribution in [0.3, 0.4) is 0 Å². The third-order valence-corrected chi connectivity index (χ3v) is 3.15. The van der Waals surface area contributed by atoms with Crippen LogP contribution in [-0.4, -0.2) is 21.7 Å². The van der Waals surface area contributed by atoms with E-state index in [0.717, 1.165) is 18.5 Å². The first-order valence-electron chi connectivity index (χ1n) is 5.83. The lowest BCUT2D eigenvalue weighted by Gasteiger charge is -2.06. The van der Waals surface area contributed by atoms with Gasteiger partial charge in [-0.3, -0.25) is 15.2 Å². The van der Waals surface area contributed by atoms with Gasteiger partial charge < -0.3 is 5.32 Å². The molecule has 0 unspecified atom stereocenters. The molecule has 19 heavy (non-hydrogen) atoms. The van der Waals surface area contributed by atoms with Gasteiger partial charge >= 0.3 is 0 Å². The minimum absolute atomic E-state index is 0.0796. The molecule has 0 bridgehead atoms. The smallest absolute Gasteiger partial charge is 0.293 e. The van der Waals surface area contributed by atoms with Crippen molar-refractivity contribution >= 4 is 27.3 Å². The van der Waals surface area contributed by atoms with Gasteiger partial charge in [-0.15, -0.1) is 0 Å². The Balaban J connectivity index is 1.90. The van der Waals surface area contributed by atoms with Crippen LogP contribution in [0.25, 0.3) is 0 Å². The van der Waals surface area contributed by atoms with Gasteiger partial charge in [0.05, 0.1) is 4.92 Å². The summed E-state index contributed by atoms with van der Waals surface area (Å²) in [5.41, 5.74) is 1.68. The number of nitro benzene ring substituents is 1. The number of halogens is 1. The number of aromatic amines is 1. The van der Waals surface area contributed by atoms with Gasteiger partial charge in [0, 0.05) is 29.0 Å². The summed E-state index contributed by atoms with van der Waals surface area (Å²) in [7, 11) is 0. The minimum Gasteiger partial charge on any atom is -0.379 e. The molecule has 0 amide bonds. The van der Waals surface area contributed by atoms with Crippen molar-refractivity contribution in [1.82, 2.24) is 10.2 Å². The second kappa shape index (κ2) is 6.33. The van der Waals surface area contributed by atoms with Crippen molar-refractivity contribution in [2.45, 2.75) is 12.8 Å². The van der Waals surface area contributed by atoms with Crippen molar-refractivity contribution in [1.29, 1.82) is 0 Å². The van der Waals surface area contributed by atoms with E-state index in [4.69, 9.17) is 0 Å². The van der Waals surface area contributed by atoms with Gasteiger partial charge in [0.15, 0.2) is 0 Å². The molecule has 0 spiro atoms. The Morgan fingerprint density at radius 2 is 2.26 bits per heavy atom. The Morgan fingerprint density at radius 3 is 2.95 bits per heavy atom. The zero-order chi connectivity index (χ0) is 13.7. The fourth-order valence-electron chi connectivity index (χ4n) is 1.73. The Labute approximate surface area is 118 Å². The van der Waals surface area contributed by atoms with Gasteiger partial charge in [-0.2, -0.15) is 5.10 Å². The molecule has 7 heteroatoms. The number of nitrogens with one attached hydrogen (secondary N) is 2. The number of rotatable bonds is 6. The number of hydrogen-bond acceptors (Lipinski definition) is 4. The Hall–Kier alpha value is -1.89. The van der Waals surface area contributed by atoms with E-state index in [1.54, 1.807) is 18.3 Å². The van der Waals surface area contributed by atoms with Crippen LogP contribution >= 0.6 is 15.9 Å². The van der Waals surface area contributed by atoms with Gasteiger partial charge in [0.2, 0.25) is 0 Å². The van der Waals surface area contributed by atoms with E-state index in [9.17, 15) is 10.1 Å². The number of aromatic nitrogens is 2. The lowest BCUT2D eigenvalue weighted by atomic mass is 10.2. The highest BCUT2D eigenvalue weighted by Gasteiger charge is 2.13. The number of nitro groups is 1. The summed E-state index contributed by atoms with van der Waals surface area (Å²) in [5, 5.41) is 20.8. The topological polar surface area (TPSA) is 83.8 Å². The van der Waals surface area contributed by atoms with E-state index in [-0.39, 0.29) is 10.6 Å². The van der Waals surface area contributed by atoms with Crippen LogP contribution in [0.2, 0.25) is 0 Å². The summed E-state index contributed by atoms with van der Waals surface area (Å²) < 4.78 is 0.696. The van der Waals surface area contributed by atoms with Gasteiger partial charge in [-0.05, 0) is 31.0 Å². The number of benzene rings is 1. The van der Waals surface area contributed by atoms with Gasteiger partial charge in [-0.25, -0.2) is 0 Å². The molecular formula is C12H13BrN4O2. The van der Waals surface area contributed by atoms with E-state index in [1.165, 1.54) is 6.07 Å². The van der Waals surface area contributed by atoms with Crippen LogP contribution in [0, 0.1) is 10.1 Å². The lowest BCUT2D eigenvalue weighted by molar-refractivity contribution is -0.384. The summed E-state index contributed by atoms with van der Waals surface area (Å²) >= 11 is 3.23. The van der Waals surface area contributed by atoms with Crippen LogP contribution in [0.4, 0.5) is 11.4 Å². The number of hydrogen-bond donors (Lipinski definition) is 2. The van der Waals surface area contributed by atoms with Crippen molar-refractivity contribution in [3.63, 3.8) is 0 Å². The molecule has 0 aliphatic rings. The van der Waals surface area contributed by atoms with Crippen molar-refractivity contribution in [2.75, 3.05) is 11.9 Å². The van der Waals surface area contributed by atoms with Gasteiger partial charge in [0.25, 0.3) is 5.69 Å². The maximum Gasteiger partial charge on any atom is 0.293 e. The second-order valence-electron chi connectivity index (χ2n) is 4.03. The molecule has 2 rings (SSSR count). The SMILES string of the molecule is O=[N+]([O-])c1cc(Br)ccc1NCCCc1ccn[nH]1. The molecule has 0 saturated heterocycles. The fraction of sp³-hybridized carbons (Fsp3) is 0.250. The molecule has 2 N–H and O–H groups in total. The Kier molecular flexibility index (Phi) is 4.51. The monoisotopic (exact) mass is 324 g/mol. The van der Waals surface area contributed by atoms with E-state index in [2.05, 4.69) is 31.4 Å². The average molecular weight is 325 g/mol. The van der Waals surface area contributed by atoms with Crippen molar-refractivity contribution in [3.8, 4) is 0 Å². The predicted molar refractivity (Wildman–Crippen MR) is 76.2 cm³/mol. The molecule has 0 radical (unpaired) electrons. The van der Waals surface area contributed by atoms with Gasteiger partial charge in [-0.1, -0.05) is 15.9 Å². The van der Waals surface area contributed by atoms with Crippen molar-refractivity contribution < 1.29 is 4.92 Å². The molecule has 0 aliphatic carbocycles. The molecule has 1 heterocycles. The molecular weight excluding hydrogens is 312 g/mol. The normalized spacial score (nSPS) is 10.4. The lowest BCUT2D eigenvalue weighted by Crippen LogP contribution is -2.05. The standard InChI is InChI=1S/C12H13BrN4O2/c13-9-3-4-11(12(8-9)17(18)19)14-6-1-2-10-5-7-15-16-10/h3-5,7-8,14H,1-2,6H2,(H,15,16). The maximum atomic E-state index is 10.9. The largest absolute Gasteiger partial charge is 0.379 e. The first kappa shape index (κ1) is 13.5. The summed E-state index contributed by atoms with van der Waals surface area (Å²) in [6.07, 6.45) is 3.44. The fourth-order valence-corrected chi connectivity index (χ4v) is 2.08. The van der Waals surface area contributed by atoms with Crippen LogP contribution < -0.4 is 5.32 Å². The summed E-state index contributed by atoms with van der Waals surface area (Å²) in [6.45, 7) is 0.668. The minimum atomic E-state index is -0.387. The third kappa shape index (κ3) is 3.78. The van der Waals surface area contributed by atoms with E-state index in [1.807, 2.05) is 6.07 Å². The molecule has 0 aliphatic heterocycles. The zero-order valence-corrected chi connectivity index (χ0v) is 11.7. The highest BCUT2D eigenvalue weighted by atomic mass is 79.9. The molecule has 0 saturated carbocycles. The molecule has 6 nitrogen and oxygen atoms in total. The van der Waals surface area contributed by atoms with E-state index < -0.39 is 0 Å². The predicted octanol–water partition coefficient (Wildman–Crippen LogP) is 3.13.